The van der Waals surface area contributed by atoms with Crippen LogP contribution >= 0.6 is 0 Å². The minimum Gasteiger partial charge on any atom is -0.467 e. The normalized spacial score (nSPS) is 12.1. The van der Waals surface area contributed by atoms with Crippen molar-refractivity contribution < 1.29 is 9.21 Å². The van der Waals surface area contributed by atoms with E-state index in [1.54, 1.807) is 21.8 Å². The number of amides is 1. The average molecular weight is 444 g/mol. The molecule has 0 bridgehead atoms. The molecule has 6 heteroatoms. The number of nitrogens with zero attached hydrogens (tertiary/aromatic N) is 3. The maximum absolute atomic E-state index is 13.6. The molecular weight excluding hydrogens is 414 g/mol. The Labute approximate surface area is 193 Å². The molecule has 2 heterocycles. The molecule has 0 radical (unpaired) electrons. The first kappa shape index (κ1) is 22.5. The summed E-state index contributed by atoms with van der Waals surface area (Å²) in [5.41, 5.74) is 2.30. The molecule has 6 nitrogen and oxygen atoms in total. The average Bonchev–Trinajstić information content (AvgIpc) is 3.35. The van der Waals surface area contributed by atoms with E-state index in [1.165, 1.54) is 0 Å². The molecule has 2 aromatic carbocycles. The third-order valence-corrected chi connectivity index (χ3v) is 5.91. The molecule has 0 aliphatic carbocycles. The Morgan fingerprint density at radius 3 is 2.55 bits per heavy atom. The smallest absolute Gasteiger partial charge is 0.266 e. The molecule has 0 aliphatic heterocycles. The second kappa shape index (κ2) is 9.86. The highest BCUT2D eigenvalue weighted by molar-refractivity contribution is 5.79. The Hall–Kier alpha value is -3.67. The van der Waals surface area contributed by atoms with Crippen LogP contribution in [-0.2, 0) is 11.3 Å². The first-order valence-corrected chi connectivity index (χ1v) is 11.4. The van der Waals surface area contributed by atoms with Gasteiger partial charge in [0, 0.05) is 6.42 Å². The Kier molecular flexibility index (Phi) is 6.73. The first-order valence-electron chi connectivity index (χ1n) is 11.4. The summed E-state index contributed by atoms with van der Waals surface area (Å²) in [5.74, 6) is 1.23. The van der Waals surface area contributed by atoms with Crippen molar-refractivity contribution in [2.45, 2.75) is 52.6 Å². The first-order chi connectivity index (χ1) is 16.0. The molecule has 0 aliphatic rings. The van der Waals surface area contributed by atoms with Gasteiger partial charge in [-0.1, -0.05) is 43.2 Å². The van der Waals surface area contributed by atoms with Gasteiger partial charge in [-0.15, -0.1) is 0 Å². The van der Waals surface area contributed by atoms with Gasteiger partial charge in [0.1, 0.15) is 11.6 Å². The molecule has 2 aromatic heterocycles. The van der Waals surface area contributed by atoms with Crippen LogP contribution in [0.25, 0.3) is 16.6 Å². The highest BCUT2D eigenvalue weighted by atomic mass is 16.3. The van der Waals surface area contributed by atoms with E-state index in [9.17, 15) is 9.59 Å². The Morgan fingerprint density at radius 2 is 1.85 bits per heavy atom. The molecule has 33 heavy (non-hydrogen) atoms. The molecule has 4 aromatic rings. The minimum atomic E-state index is -0.446. The van der Waals surface area contributed by atoms with E-state index in [2.05, 4.69) is 6.92 Å². The summed E-state index contributed by atoms with van der Waals surface area (Å²) in [6.45, 7) is 6.31. The van der Waals surface area contributed by atoms with Crippen LogP contribution in [0.3, 0.4) is 0 Å². The van der Waals surface area contributed by atoms with E-state index in [0.717, 1.165) is 24.1 Å². The molecule has 0 saturated carbocycles. The number of rotatable bonds is 8. The van der Waals surface area contributed by atoms with Crippen LogP contribution in [-0.4, -0.2) is 20.4 Å². The fourth-order valence-electron chi connectivity index (χ4n) is 4.00. The lowest BCUT2D eigenvalue weighted by atomic mass is 10.1. The predicted octanol–water partition coefficient (Wildman–Crippen LogP) is 5.57. The summed E-state index contributed by atoms with van der Waals surface area (Å²) in [4.78, 5) is 33.5. The number of fused-ring (bicyclic) bond motifs is 1. The van der Waals surface area contributed by atoms with Gasteiger partial charge in [-0.05, 0) is 56.7 Å². The van der Waals surface area contributed by atoms with Crippen molar-refractivity contribution in [2.75, 3.05) is 0 Å². The molecule has 1 amide bonds. The fourth-order valence-corrected chi connectivity index (χ4v) is 4.00. The zero-order chi connectivity index (χ0) is 23.4. The van der Waals surface area contributed by atoms with E-state index in [1.807, 2.05) is 68.4 Å². The maximum atomic E-state index is 13.6. The molecule has 1 atom stereocenters. The number of hydrogen-bond donors (Lipinski definition) is 0. The van der Waals surface area contributed by atoms with Crippen LogP contribution in [0.15, 0.2) is 76.1 Å². The molecule has 4 rings (SSSR count). The summed E-state index contributed by atoms with van der Waals surface area (Å²) in [7, 11) is 0. The molecule has 0 fully saturated rings. The Morgan fingerprint density at radius 1 is 1.09 bits per heavy atom. The lowest BCUT2D eigenvalue weighted by molar-refractivity contribution is -0.134. The number of benzene rings is 2. The van der Waals surface area contributed by atoms with Crippen molar-refractivity contribution in [1.82, 2.24) is 14.5 Å². The molecular formula is C27H29N3O3. The standard InChI is InChI=1S/C27H29N3O3/c1-4-5-12-25(31)29(18-22-9-8-17-33-22)20(3)26-28-24-11-7-6-10-23(24)27(32)30(26)21-15-13-19(2)14-16-21/h6-11,13-17,20H,4-5,12,18H2,1-3H3. The van der Waals surface area contributed by atoms with Crippen molar-refractivity contribution in [2.24, 2.45) is 0 Å². The SMILES string of the molecule is CCCCC(=O)N(Cc1ccco1)C(C)c1nc2ccccc2c(=O)n1-c1ccc(C)cc1. The lowest BCUT2D eigenvalue weighted by Gasteiger charge is -2.30. The maximum Gasteiger partial charge on any atom is 0.266 e. The zero-order valence-corrected chi connectivity index (χ0v) is 19.3. The molecule has 0 spiro atoms. The largest absolute Gasteiger partial charge is 0.467 e. The third kappa shape index (κ3) is 4.75. The van der Waals surface area contributed by atoms with Gasteiger partial charge in [0.15, 0.2) is 0 Å². The van der Waals surface area contributed by atoms with Crippen molar-refractivity contribution in [3.05, 3.63) is 94.4 Å². The van der Waals surface area contributed by atoms with Crippen LogP contribution in [0.1, 0.15) is 56.3 Å². The van der Waals surface area contributed by atoms with Crippen LogP contribution in [0.5, 0.6) is 0 Å². The highest BCUT2D eigenvalue weighted by Crippen LogP contribution is 2.26. The number of unbranched alkanes of at least 4 members (excludes halogenated alkanes) is 1. The molecule has 170 valence electrons. The van der Waals surface area contributed by atoms with E-state index in [0.29, 0.717) is 35.5 Å². The van der Waals surface area contributed by atoms with Gasteiger partial charge in [0.05, 0.1) is 35.4 Å². The molecule has 0 saturated heterocycles. The zero-order valence-electron chi connectivity index (χ0n) is 19.3. The van der Waals surface area contributed by atoms with Crippen LogP contribution in [0.2, 0.25) is 0 Å². The summed E-state index contributed by atoms with van der Waals surface area (Å²) in [5, 5.41) is 0.545. The van der Waals surface area contributed by atoms with Gasteiger partial charge in [0.25, 0.3) is 5.56 Å². The number of carbonyl (C=O) groups is 1. The van der Waals surface area contributed by atoms with E-state index < -0.39 is 6.04 Å². The van der Waals surface area contributed by atoms with E-state index in [-0.39, 0.29) is 11.5 Å². The highest BCUT2D eigenvalue weighted by Gasteiger charge is 2.27. The van der Waals surface area contributed by atoms with Gasteiger partial charge in [-0.3, -0.25) is 14.2 Å². The van der Waals surface area contributed by atoms with Gasteiger partial charge < -0.3 is 9.32 Å². The van der Waals surface area contributed by atoms with Gasteiger partial charge in [-0.2, -0.15) is 0 Å². The van der Waals surface area contributed by atoms with E-state index >= 15 is 0 Å². The number of aryl methyl sites for hydroxylation is 1. The summed E-state index contributed by atoms with van der Waals surface area (Å²) in [6, 6.07) is 18.3. The van der Waals surface area contributed by atoms with Gasteiger partial charge >= 0.3 is 0 Å². The number of carbonyl (C=O) groups excluding carboxylic acids is 1. The second-order valence-electron chi connectivity index (χ2n) is 8.34. The van der Waals surface area contributed by atoms with Crippen molar-refractivity contribution in [1.29, 1.82) is 0 Å². The monoisotopic (exact) mass is 443 g/mol. The Balaban J connectivity index is 1.87. The third-order valence-electron chi connectivity index (χ3n) is 5.91. The Bertz CT molecular complexity index is 1290. The molecule has 0 N–H and O–H groups in total. The quantitative estimate of drug-likeness (QED) is 0.357. The van der Waals surface area contributed by atoms with E-state index in [4.69, 9.17) is 9.40 Å². The topological polar surface area (TPSA) is 68.3 Å². The van der Waals surface area contributed by atoms with Crippen molar-refractivity contribution >= 4 is 16.8 Å². The lowest BCUT2D eigenvalue weighted by Crippen LogP contribution is -2.37. The van der Waals surface area contributed by atoms with Crippen LogP contribution in [0.4, 0.5) is 0 Å². The van der Waals surface area contributed by atoms with Crippen molar-refractivity contribution in [3.8, 4) is 5.69 Å². The summed E-state index contributed by atoms with van der Waals surface area (Å²) >= 11 is 0. The van der Waals surface area contributed by atoms with Crippen LogP contribution in [0, 0.1) is 6.92 Å². The second-order valence-corrected chi connectivity index (χ2v) is 8.34. The summed E-state index contributed by atoms with van der Waals surface area (Å²) < 4.78 is 7.18. The molecule has 1 unspecified atom stereocenters. The van der Waals surface area contributed by atoms with Gasteiger partial charge in [-0.25, -0.2) is 4.98 Å². The van der Waals surface area contributed by atoms with Crippen LogP contribution < -0.4 is 5.56 Å². The predicted molar refractivity (Wildman–Crippen MR) is 129 cm³/mol. The number of furan rings is 1. The fraction of sp³-hybridized carbons (Fsp3) is 0.296. The van der Waals surface area contributed by atoms with Crippen molar-refractivity contribution in [3.63, 3.8) is 0 Å². The summed E-state index contributed by atoms with van der Waals surface area (Å²) in [6.07, 6.45) is 3.77. The van der Waals surface area contributed by atoms with Gasteiger partial charge in [0.2, 0.25) is 5.91 Å². The number of para-hydroxylation sites is 1. The number of aromatic nitrogens is 2. The number of hydrogen-bond acceptors (Lipinski definition) is 4. The minimum absolute atomic E-state index is 0.0126.